The van der Waals surface area contributed by atoms with E-state index in [1.165, 1.54) is 25.6 Å². The van der Waals surface area contributed by atoms with E-state index in [0.717, 1.165) is 0 Å². The zero-order chi connectivity index (χ0) is 13.7. The van der Waals surface area contributed by atoms with Gasteiger partial charge in [0, 0.05) is 26.2 Å². The first kappa shape index (κ1) is 12.9. The molecule has 0 fully saturated rings. The van der Waals surface area contributed by atoms with Gasteiger partial charge in [0.25, 0.3) is 5.91 Å². The van der Waals surface area contributed by atoms with Crippen LogP contribution in [0.25, 0.3) is 0 Å². The predicted molar refractivity (Wildman–Crippen MR) is 66.2 cm³/mol. The second kappa shape index (κ2) is 5.89. The average molecular weight is 264 g/mol. The highest BCUT2D eigenvalue weighted by molar-refractivity contribution is 5.95. The number of hydrogen-bond donors (Lipinski definition) is 3. The molecule has 2 rings (SSSR count). The number of carbonyl (C=O) groups is 1. The van der Waals surface area contributed by atoms with Crippen molar-refractivity contribution in [3.05, 3.63) is 35.8 Å². The third kappa shape index (κ3) is 3.03. The molecule has 0 bridgehead atoms. The molecular formula is C11H13FN6O. The Morgan fingerprint density at radius 3 is 3.00 bits per heavy atom. The lowest BCUT2D eigenvalue weighted by molar-refractivity contribution is 0.0950. The van der Waals surface area contributed by atoms with Crippen molar-refractivity contribution in [1.29, 1.82) is 0 Å². The number of anilines is 1. The number of nitrogens with one attached hydrogen (secondary N) is 3. The zero-order valence-electron chi connectivity index (χ0n) is 10.3. The van der Waals surface area contributed by atoms with Crippen molar-refractivity contribution >= 4 is 11.7 Å². The maximum atomic E-state index is 13.8. The first-order valence-electron chi connectivity index (χ1n) is 5.67. The van der Waals surface area contributed by atoms with Crippen LogP contribution in [0.4, 0.5) is 10.2 Å². The molecule has 8 heteroatoms. The molecule has 0 radical (unpaired) electrons. The van der Waals surface area contributed by atoms with Crippen molar-refractivity contribution in [3.8, 4) is 0 Å². The third-order valence-electron chi connectivity index (χ3n) is 2.48. The lowest BCUT2D eigenvalue weighted by Gasteiger charge is -2.07. The van der Waals surface area contributed by atoms with Crippen molar-refractivity contribution in [1.82, 2.24) is 25.5 Å². The summed E-state index contributed by atoms with van der Waals surface area (Å²) < 4.78 is 13.8. The highest BCUT2D eigenvalue weighted by atomic mass is 19.1. The summed E-state index contributed by atoms with van der Waals surface area (Å²) >= 11 is 0. The number of amides is 1. The monoisotopic (exact) mass is 264 g/mol. The molecule has 100 valence electrons. The van der Waals surface area contributed by atoms with E-state index in [1.807, 2.05) is 0 Å². The maximum absolute atomic E-state index is 13.8. The Morgan fingerprint density at radius 1 is 1.47 bits per heavy atom. The fourth-order valence-corrected chi connectivity index (χ4v) is 1.53. The fraction of sp³-hybridized carbons (Fsp3) is 0.273. The first-order valence-corrected chi connectivity index (χ1v) is 5.67. The van der Waals surface area contributed by atoms with Crippen molar-refractivity contribution in [3.63, 3.8) is 0 Å². The molecule has 2 aromatic heterocycles. The Kier molecular flexibility index (Phi) is 4.01. The molecule has 0 saturated carbocycles. The van der Waals surface area contributed by atoms with Gasteiger partial charge in [0.05, 0.1) is 5.56 Å². The minimum atomic E-state index is -0.665. The number of nitrogens with zero attached hydrogens (tertiary/aromatic N) is 3. The molecule has 0 atom stereocenters. The van der Waals surface area contributed by atoms with Gasteiger partial charge in [-0.05, 0) is 6.07 Å². The van der Waals surface area contributed by atoms with E-state index in [9.17, 15) is 9.18 Å². The summed E-state index contributed by atoms with van der Waals surface area (Å²) in [5.74, 6) is -0.452. The van der Waals surface area contributed by atoms with Crippen LogP contribution < -0.4 is 10.6 Å². The zero-order valence-corrected chi connectivity index (χ0v) is 10.3. The topological polar surface area (TPSA) is 95.6 Å². The van der Waals surface area contributed by atoms with Crippen LogP contribution in [0.2, 0.25) is 0 Å². The van der Waals surface area contributed by atoms with Crippen molar-refractivity contribution in [2.45, 2.75) is 6.42 Å². The van der Waals surface area contributed by atoms with Gasteiger partial charge in [-0.2, -0.15) is 5.10 Å². The average Bonchev–Trinajstić information content (AvgIpc) is 2.92. The van der Waals surface area contributed by atoms with Gasteiger partial charge in [-0.25, -0.2) is 14.4 Å². The van der Waals surface area contributed by atoms with Crippen molar-refractivity contribution < 1.29 is 9.18 Å². The highest BCUT2D eigenvalue weighted by Gasteiger charge is 2.14. The number of carbonyl (C=O) groups excluding carboxylic acids is 1. The summed E-state index contributed by atoms with van der Waals surface area (Å²) in [6.07, 6.45) is 3.26. The second-order valence-corrected chi connectivity index (χ2v) is 3.71. The summed E-state index contributed by atoms with van der Waals surface area (Å²) in [7, 11) is 1.54. The van der Waals surface area contributed by atoms with Crippen molar-refractivity contribution in [2.75, 3.05) is 18.9 Å². The molecule has 19 heavy (non-hydrogen) atoms. The summed E-state index contributed by atoms with van der Waals surface area (Å²) in [4.78, 5) is 19.5. The smallest absolute Gasteiger partial charge is 0.254 e. The molecule has 3 N–H and O–H groups in total. The molecule has 2 aromatic rings. The molecule has 1 amide bonds. The minimum absolute atomic E-state index is 0.0443. The largest absolute Gasteiger partial charge is 0.371 e. The van der Waals surface area contributed by atoms with Crippen LogP contribution in [-0.2, 0) is 6.42 Å². The summed E-state index contributed by atoms with van der Waals surface area (Å²) in [6.45, 7) is 0.338. The van der Waals surface area contributed by atoms with Gasteiger partial charge in [0.2, 0.25) is 0 Å². The number of aromatic amines is 1. The molecule has 0 aliphatic heterocycles. The van der Waals surface area contributed by atoms with E-state index in [4.69, 9.17) is 0 Å². The van der Waals surface area contributed by atoms with Gasteiger partial charge in [-0.15, -0.1) is 0 Å². The third-order valence-corrected chi connectivity index (χ3v) is 2.48. The van der Waals surface area contributed by atoms with Crippen LogP contribution in [0.3, 0.4) is 0 Å². The molecule has 0 spiro atoms. The molecule has 0 aliphatic carbocycles. The van der Waals surface area contributed by atoms with Crippen LogP contribution in [0.5, 0.6) is 0 Å². The van der Waals surface area contributed by atoms with E-state index in [0.29, 0.717) is 18.8 Å². The standard InChI is InChI=1S/C11H13FN6O/c1-13-10-9(12)7(2-4-14-10)11(19)15-5-3-8-16-6-17-18-8/h2,4,6H,3,5H2,1H3,(H,13,14)(H,15,19)(H,16,17,18). The lowest BCUT2D eigenvalue weighted by atomic mass is 10.2. The van der Waals surface area contributed by atoms with Gasteiger partial charge in [0.15, 0.2) is 11.6 Å². The lowest BCUT2D eigenvalue weighted by Crippen LogP contribution is -2.27. The Morgan fingerprint density at radius 2 is 2.32 bits per heavy atom. The predicted octanol–water partition coefficient (Wildman–Crippen LogP) is 0.353. The number of hydrogen-bond acceptors (Lipinski definition) is 5. The summed E-state index contributed by atoms with van der Waals surface area (Å²) in [5, 5.41) is 11.6. The maximum Gasteiger partial charge on any atom is 0.254 e. The van der Waals surface area contributed by atoms with Crippen LogP contribution in [0, 0.1) is 5.82 Å². The molecule has 2 heterocycles. The molecule has 0 aromatic carbocycles. The van der Waals surface area contributed by atoms with Gasteiger partial charge < -0.3 is 10.6 Å². The molecular weight excluding hydrogens is 251 g/mol. The molecule has 0 aliphatic rings. The normalized spacial score (nSPS) is 10.2. The molecule has 0 unspecified atom stereocenters. The second-order valence-electron chi connectivity index (χ2n) is 3.71. The van der Waals surface area contributed by atoms with Gasteiger partial charge in [-0.1, -0.05) is 0 Å². The first-order chi connectivity index (χ1) is 9.22. The van der Waals surface area contributed by atoms with Crippen LogP contribution >= 0.6 is 0 Å². The van der Waals surface area contributed by atoms with E-state index in [1.54, 1.807) is 0 Å². The van der Waals surface area contributed by atoms with Gasteiger partial charge in [-0.3, -0.25) is 9.89 Å². The number of rotatable bonds is 5. The Bertz CT molecular complexity index is 556. The Hall–Kier alpha value is -2.51. The summed E-state index contributed by atoms with van der Waals surface area (Å²) in [6, 6.07) is 1.33. The van der Waals surface area contributed by atoms with Crippen LogP contribution in [0.1, 0.15) is 16.2 Å². The molecule has 7 nitrogen and oxygen atoms in total. The summed E-state index contributed by atoms with van der Waals surface area (Å²) in [5.41, 5.74) is -0.0445. The minimum Gasteiger partial charge on any atom is -0.371 e. The fourth-order valence-electron chi connectivity index (χ4n) is 1.53. The van der Waals surface area contributed by atoms with Crippen LogP contribution in [0.15, 0.2) is 18.6 Å². The van der Waals surface area contributed by atoms with E-state index < -0.39 is 11.7 Å². The Balaban J connectivity index is 1.96. The molecule has 0 saturated heterocycles. The van der Waals surface area contributed by atoms with E-state index >= 15 is 0 Å². The number of aromatic nitrogens is 4. The van der Waals surface area contributed by atoms with Crippen LogP contribution in [-0.4, -0.2) is 39.7 Å². The van der Waals surface area contributed by atoms with Gasteiger partial charge in [0.1, 0.15) is 12.2 Å². The SMILES string of the molecule is CNc1nccc(C(=O)NCCc2ncn[nH]2)c1F. The highest BCUT2D eigenvalue weighted by Crippen LogP contribution is 2.13. The Labute approximate surface area is 108 Å². The number of pyridine rings is 1. The quantitative estimate of drug-likeness (QED) is 0.724. The van der Waals surface area contributed by atoms with Gasteiger partial charge >= 0.3 is 0 Å². The van der Waals surface area contributed by atoms with Crippen molar-refractivity contribution in [2.24, 2.45) is 0 Å². The number of halogens is 1. The number of H-pyrrole nitrogens is 1. The van der Waals surface area contributed by atoms with E-state index in [-0.39, 0.29) is 11.4 Å². The van der Waals surface area contributed by atoms with E-state index in [2.05, 4.69) is 30.8 Å².